The summed E-state index contributed by atoms with van der Waals surface area (Å²) < 4.78 is 29.6. The fraction of sp³-hybridized carbons (Fsp3) is 0.222. The second-order valence-electron chi connectivity index (χ2n) is 2.89. The van der Waals surface area contributed by atoms with Crippen LogP contribution < -0.4 is 4.72 Å². The Balaban J connectivity index is 2.83. The number of nitriles is 1. The van der Waals surface area contributed by atoms with Crippen LogP contribution in [0.3, 0.4) is 0 Å². The minimum absolute atomic E-state index is 0.108. The Labute approximate surface area is 98.1 Å². The summed E-state index contributed by atoms with van der Waals surface area (Å²) in [5.41, 5.74) is 0.108. The van der Waals surface area contributed by atoms with Gasteiger partial charge in [0, 0.05) is 6.20 Å². The number of nitrogens with zero attached hydrogens (tertiary/aromatic N) is 2. The molecular formula is C9H9N3O4S. The second-order valence-corrected chi connectivity index (χ2v) is 4.66. The lowest BCUT2D eigenvalue weighted by Gasteiger charge is -2.04. The smallest absolute Gasteiger partial charge is 0.320 e. The molecule has 0 saturated heterocycles. The third kappa shape index (κ3) is 3.51. The lowest BCUT2D eigenvalue weighted by molar-refractivity contribution is -0.139. The van der Waals surface area contributed by atoms with E-state index in [2.05, 4.69) is 9.72 Å². The maximum atomic E-state index is 11.6. The summed E-state index contributed by atoms with van der Waals surface area (Å²) in [4.78, 5) is 14.3. The van der Waals surface area contributed by atoms with Gasteiger partial charge in [0.2, 0.25) is 10.0 Å². The molecule has 0 bridgehead atoms. The molecule has 0 fully saturated rings. The number of hydrogen-bond donors (Lipinski definition) is 1. The van der Waals surface area contributed by atoms with E-state index in [9.17, 15) is 13.2 Å². The van der Waals surface area contributed by atoms with Crippen molar-refractivity contribution in [3.63, 3.8) is 0 Å². The minimum Gasteiger partial charge on any atom is -0.468 e. The zero-order valence-electron chi connectivity index (χ0n) is 8.87. The van der Waals surface area contributed by atoms with Gasteiger partial charge in [-0.15, -0.1) is 0 Å². The topological polar surface area (TPSA) is 109 Å². The van der Waals surface area contributed by atoms with E-state index in [-0.39, 0.29) is 10.6 Å². The predicted molar refractivity (Wildman–Crippen MR) is 56.2 cm³/mol. The number of carbonyl (C=O) groups excluding carboxylic acids is 1. The van der Waals surface area contributed by atoms with Crippen molar-refractivity contribution in [2.45, 2.75) is 4.90 Å². The van der Waals surface area contributed by atoms with Crippen LogP contribution in [0.15, 0.2) is 23.2 Å². The van der Waals surface area contributed by atoms with Crippen molar-refractivity contribution in [2.24, 2.45) is 0 Å². The molecule has 0 amide bonds. The molecule has 90 valence electrons. The van der Waals surface area contributed by atoms with Gasteiger partial charge in [0.15, 0.2) is 0 Å². The Morgan fingerprint density at radius 3 is 2.76 bits per heavy atom. The van der Waals surface area contributed by atoms with Crippen LogP contribution in [0.4, 0.5) is 0 Å². The number of nitrogens with one attached hydrogen (secondary N) is 1. The molecule has 0 aliphatic rings. The van der Waals surface area contributed by atoms with Gasteiger partial charge < -0.3 is 4.74 Å². The van der Waals surface area contributed by atoms with Gasteiger partial charge in [-0.2, -0.15) is 9.98 Å². The monoisotopic (exact) mass is 255 g/mol. The summed E-state index contributed by atoms with van der Waals surface area (Å²) in [6, 6.07) is 4.26. The number of pyridine rings is 1. The second kappa shape index (κ2) is 5.38. The molecule has 1 heterocycles. The Kier molecular flexibility index (Phi) is 4.14. The maximum Gasteiger partial charge on any atom is 0.320 e. The van der Waals surface area contributed by atoms with E-state index < -0.39 is 22.5 Å². The van der Waals surface area contributed by atoms with E-state index in [1.54, 1.807) is 6.07 Å². The van der Waals surface area contributed by atoms with E-state index in [1.807, 2.05) is 4.72 Å². The molecule has 8 heteroatoms. The Hall–Kier alpha value is -1.98. The van der Waals surface area contributed by atoms with Crippen molar-refractivity contribution < 1.29 is 17.9 Å². The van der Waals surface area contributed by atoms with Crippen molar-refractivity contribution in [1.82, 2.24) is 9.71 Å². The number of aromatic nitrogens is 1. The minimum atomic E-state index is -3.81. The third-order valence-electron chi connectivity index (χ3n) is 1.80. The van der Waals surface area contributed by atoms with Crippen LogP contribution in [0.25, 0.3) is 0 Å². The highest BCUT2D eigenvalue weighted by molar-refractivity contribution is 7.89. The molecule has 0 saturated carbocycles. The lowest BCUT2D eigenvalue weighted by Crippen LogP contribution is -2.30. The molecule has 0 spiro atoms. The number of sulfonamides is 1. The number of methoxy groups -OCH3 is 1. The van der Waals surface area contributed by atoms with Crippen LogP contribution in [0.5, 0.6) is 0 Å². The first-order valence-corrected chi connectivity index (χ1v) is 5.90. The number of hydrogen-bond acceptors (Lipinski definition) is 6. The Morgan fingerprint density at radius 2 is 2.29 bits per heavy atom. The van der Waals surface area contributed by atoms with Crippen molar-refractivity contribution in [3.8, 4) is 6.07 Å². The van der Waals surface area contributed by atoms with Crippen LogP contribution in [0, 0.1) is 11.3 Å². The van der Waals surface area contributed by atoms with E-state index in [0.717, 1.165) is 13.3 Å². The van der Waals surface area contributed by atoms with Crippen LogP contribution in [0.2, 0.25) is 0 Å². The van der Waals surface area contributed by atoms with Gasteiger partial charge in [0.1, 0.15) is 23.2 Å². The number of ether oxygens (including phenoxy) is 1. The number of carbonyl (C=O) groups is 1. The zero-order valence-corrected chi connectivity index (χ0v) is 9.69. The molecule has 0 radical (unpaired) electrons. The van der Waals surface area contributed by atoms with E-state index in [4.69, 9.17) is 5.26 Å². The fourth-order valence-corrected chi connectivity index (χ4v) is 1.83. The average Bonchev–Trinajstić information content (AvgIpc) is 2.36. The van der Waals surface area contributed by atoms with Gasteiger partial charge >= 0.3 is 5.97 Å². The summed E-state index contributed by atoms with van der Waals surface area (Å²) in [7, 11) is -2.66. The van der Waals surface area contributed by atoms with Crippen molar-refractivity contribution in [3.05, 3.63) is 24.0 Å². The quantitative estimate of drug-likeness (QED) is 0.720. The van der Waals surface area contributed by atoms with Gasteiger partial charge in [-0.25, -0.2) is 13.4 Å². The summed E-state index contributed by atoms with van der Waals surface area (Å²) in [6.45, 7) is -0.459. The molecule has 7 nitrogen and oxygen atoms in total. The third-order valence-corrected chi connectivity index (χ3v) is 3.18. The van der Waals surface area contributed by atoms with Gasteiger partial charge in [-0.1, -0.05) is 0 Å². The van der Waals surface area contributed by atoms with Gasteiger partial charge in [-0.05, 0) is 12.1 Å². The molecule has 0 aromatic carbocycles. The molecule has 1 aromatic rings. The van der Waals surface area contributed by atoms with E-state index >= 15 is 0 Å². The molecule has 1 aromatic heterocycles. The van der Waals surface area contributed by atoms with Crippen LogP contribution >= 0.6 is 0 Å². The molecule has 0 unspecified atom stereocenters. The Morgan fingerprint density at radius 1 is 1.59 bits per heavy atom. The molecule has 1 N–H and O–H groups in total. The first kappa shape index (κ1) is 13.1. The SMILES string of the molecule is COC(=O)CNS(=O)(=O)c1ccc(C#N)nc1. The zero-order chi connectivity index (χ0) is 12.9. The highest BCUT2D eigenvalue weighted by atomic mass is 32.2. The summed E-state index contributed by atoms with van der Waals surface area (Å²) in [5, 5.41) is 8.50. The number of rotatable bonds is 4. The molecule has 17 heavy (non-hydrogen) atoms. The van der Waals surface area contributed by atoms with E-state index in [1.165, 1.54) is 12.1 Å². The summed E-state index contributed by atoms with van der Waals surface area (Å²) in [5.74, 6) is -0.699. The molecule has 0 aliphatic carbocycles. The van der Waals surface area contributed by atoms with Crippen molar-refractivity contribution >= 4 is 16.0 Å². The summed E-state index contributed by atoms with van der Waals surface area (Å²) in [6.07, 6.45) is 1.04. The van der Waals surface area contributed by atoms with Crippen LogP contribution in [-0.2, 0) is 19.6 Å². The van der Waals surface area contributed by atoms with E-state index in [0.29, 0.717) is 0 Å². The largest absolute Gasteiger partial charge is 0.468 e. The van der Waals surface area contributed by atoms with Crippen molar-refractivity contribution in [2.75, 3.05) is 13.7 Å². The standard InChI is InChI=1S/C9H9N3O4S/c1-16-9(13)6-12-17(14,15)8-3-2-7(4-10)11-5-8/h2-3,5,12H,6H2,1H3. The maximum absolute atomic E-state index is 11.6. The predicted octanol–water partition coefficient (Wildman–Crippen LogP) is -0.595. The lowest BCUT2D eigenvalue weighted by atomic mass is 10.4. The van der Waals surface area contributed by atoms with Crippen molar-refractivity contribution in [1.29, 1.82) is 5.26 Å². The first-order chi connectivity index (χ1) is 7.99. The molecule has 0 atom stereocenters. The highest BCUT2D eigenvalue weighted by Crippen LogP contribution is 2.06. The normalized spacial score (nSPS) is 10.6. The molecule has 0 aliphatic heterocycles. The highest BCUT2D eigenvalue weighted by Gasteiger charge is 2.15. The number of esters is 1. The van der Waals surface area contributed by atoms with Crippen LogP contribution in [0.1, 0.15) is 5.69 Å². The molecule has 1 rings (SSSR count). The Bertz CT molecular complexity index is 545. The first-order valence-electron chi connectivity index (χ1n) is 4.42. The van der Waals surface area contributed by atoms with Gasteiger partial charge in [0.25, 0.3) is 0 Å². The average molecular weight is 255 g/mol. The van der Waals surface area contributed by atoms with Crippen LogP contribution in [-0.4, -0.2) is 33.0 Å². The van der Waals surface area contributed by atoms with Gasteiger partial charge in [-0.3, -0.25) is 4.79 Å². The summed E-state index contributed by atoms with van der Waals surface area (Å²) >= 11 is 0. The fourth-order valence-electron chi connectivity index (χ4n) is 0.915. The van der Waals surface area contributed by atoms with Gasteiger partial charge in [0.05, 0.1) is 7.11 Å². The molecular weight excluding hydrogens is 246 g/mol.